The van der Waals surface area contributed by atoms with E-state index in [0.29, 0.717) is 0 Å². The molecule has 0 aliphatic heterocycles. The highest BCUT2D eigenvalue weighted by Crippen LogP contribution is 2.60. The quantitative estimate of drug-likeness (QED) is 0.164. The molecule has 0 aromatic heterocycles. The smallest absolute Gasteiger partial charge is 0.0622 e. The van der Waals surface area contributed by atoms with Crippen LogP contribution in [-0.2, 0) is 5.41 Å². The van der Waals surface area contributed by atoms with Crippen molar-refractivity contribution in [2.24, 2.45) is 0 Å². The first-order valence-electron chi connectivity index (χ1n) is 20.8. The number of fused-ring (bicyclic) bond motifs is 7. The van der Waals surface area contributed by atoms with Crippen molar-refractivity contribution < 1.29 is 0 Å². The molecule has 0 heterocycles. The molecule has 10 aromatic carbocycles. The summed E-state index contributed by atoms with van der Waals surface area (Å²) in [5, 5.41) is 5.17. The summed E-state index contributed by atoms with van der Waals surface area (Å²) in [6.45, 7) is 4.36. The fourth-order valence-electron chi connectivity index (χ4n) is 10.7. The minimum Gasteiger partial charge on any atom is -0.0622 e. The Kier molecular flexibility index (Phi) is 7.38. The van der Waals surface area contributed by atoms with E-state index in [4.69, 9.17) is 0 Å². The SMILES string of the molecule is Cc1ccc(C2(c3ccc(C)cc3)c3ccccc3-c3ccc(-c4ccc5c6c(cccc46)-c4c-5c(-c5ccccc5)c5ccccc5c4-c4ccccc4)cc32)cc1. The van der Waals surface area contributed by atoms with Crippen LogP contribution in [0.3, 0.4) is 0 Å². The molecule has 276 valence electrons. The topological polar surface area (TPSA) is 0 Å². The Hall–Kier alpha value is -7.28. The first-order valence-corrected chi connectivity index (χ1v) is 20.8. The van der Waals surface area contributed by atoms with Crippen LogP contribution in [0.15, 0.2) is 206 Å². The van der Waals surface area contributed by atoms with Crippen molar-refractivity contribution in [2.75, 3.05) is 0 Å². The molecule has 0 fully saturated rings. The zero-order chi connectivity index (χ0) is 39.2. The molecule has 0 atom stereocenters. The molecule has 0 unspecified atom stereocenters. The molecule has 2 aliphatic rings. The van der Waals surface area contributed by atoms with Crippen LogP contribution in [0.5, 0.6) is 0 Å². The summed E-state index contributed by atoms with van der Waals surface area (Å²) in [6.07, 6.45) is 0. The summed E-state index contributed by atoms with van der Waals surface area (Å²) in [5.41, 5.74) is 22.8. The summed E-state index contributed by atoms with van der Waals surface area (Å²) < 4.78 is 0. The van der Waals surface area contributed by atoms with Crippen LogP contribution >= 0.6 is 0 Å². The molecule has 10 aromatic rings. The lowest BCUT2D eigenvalue weighted by atomic mass is 9.67. The predicted octanol–water partition coefficient (Wildman–Crippen LogP) is 15.6. The van der Waals surface area contributed by atoms with Gasteiger partial charge in [-0.15, -0.1) is 0 Å². The van der Waals surface area contributed by atoms with Crippen LogP contribution in [-0.4, -0.2) is 0 Å². The summed E-state index contributed by atoms with van der Waals surface area (Å²) in [7, 11) is 0. The van der Waals surface area contributed by atoms with Gasteiger partial charge in [-0.1, -0.05) is 211 Å². The van der Waals surface area contributed by atoms with Gasteiger partial charge in [0.2, 0.25) is 0 Å². The molecular formula is C59H40. The van der Waals surface area contributed by atoms with Crippen LogP contribution in [0, 0.1) is 13.8 Å². The van der Waals surface area contributed by atoms with Gasteiger partial charge < -0.3 is 0 Å². The van der Waals surface area contributed by atoms with Gasteiger partial charge in [-0.2, -0.15) is 0 Å². The van der Waals surface area contributed by atoms with Gasteiger partial charge in [-0.25, -0.2) is 0 Å². The van der Waals surface area contributed by atoms with E-state index in [-0.39, 0.29) is 0 Å². The van der Waals surface area contributed by atoms with Gasteiger partial charge >= 0.3 is 0 Å². The number of hydrogen-bond acceptors (Lipinski definition) is 0. The molecule has 0 saturated carbocycles. The summed E-state index contributed by atoms with van der Waals surface area (Å²) in [6, 6.07) is 77.6. The number of benzene rings is 10. The maximum absolute atomic E-state index is 2.51. The van der Waals surface area contributed by atoms with Crippen molar-refractivity contribution >= 4 is 21.5 Å². The zero-order valence-corrected chi connectivity index (χ0v) is 33.1. The van der Waals surface area contributed by atoms with Crippen molar-refractivity contribution in [1.82, 2.24) is 0 Å². The standard InChI is InChI=1S/C59H40/c1-37-24-29-42(30-25-37)59(43-31-26-38(2)27-32-43)52-23-12-11-18-45(52)46-33-28-41(36-53(46)59)44-34-35-51-56-47(44)21-13-22-50(56)57-54(39-14-5-3-6-15-39)48-19-9-10-20-49(48)55(58(51)57)40-16-7-4-8-17-40/h3-36H,1-2H3. The molecule has 0 heteroatoms. The Balaban J connectivity index is 1.15. The number of aryl methyl sites for hydroxylation is 2. The molecule has 0 amide bonds. The summed E-state index contributed by atoms with van der Waals surface area (Å²) in [4.78, 5) is 0. The van der Waals surface area contributed by atoms with E-state index in [9.17, 15) is 0 Å². The minimum atomic E-state index is -0.469. The van der Waals surface area contributed by atoms with E-state index in [2.05, 4.69) is 220 Å². The second kappa shape index (κ2) is 12.9. The highest BCUT2D eigenvalue weighted by atomic mass is 14.5. The van der Waals surface area contributed by atoms with E-state index >= 15 is 0 Å². The summed E-state index contributed by atoms with van der Waals surface area (Å²) >= 11 is 0. The summed E-state index contributed by atoms with van der Waals surface area (Å²) in [5.74, 6) is 0. The maximum Gasteiger partial charge on any atom is 0.0713 e. The van der Waals surface area contributed by atoms with Gasteiger partial charge in [-0.3, -0.25) is 0 Å². The molecular weight excluding hydrogens is 709 g/mol. The molecule has 59 heavy (non-hydrogen) atoms. The van der Waals surface area contributed by atoms with Crippen molar-refractivity contribution in [1.29, 1.82) is 0 Å². The van der Waals surface area contributed by atoms with Crippen molar-refractivity contribution in [2.45, 2.75) is 19.3 Å². The molecule has 0 bridgehead atoms. The average Bonchev–Trinajstić information content (AvgIpc) is 3.78. The van der Waals surface area contributed by atoms with E-state index in [1.165, 1.54) is 122 Å². The third-order valence-electron chi connectivity index (χ3n) is 13.2. The lowest BCUT2D eigenvalue weighted by Crippen LogP contribution is -2.28. The van der Waals surface area contributed by atoms with Crippen molar-refractivity contribution in [3.8, 4) is 66.8 Å². The van der Waals surface area contributed by atoms with Gasteiger partial charge in [0.05, 0.1) is 5.41 Å². The normalized spacial score (nSPS) is 13.1. The van der Waals surface area contributed by atoms with Crippen LogP contribution in [0.25, 0.3) is 88.3 Å². The second-order valence-electron chi connectivity index (χ2n) is 16.5. The molecule has 0 radical (unpaired) electrons. The van der Waals surface area contributed by atoms with Crippen molar-refractivity contribution in [3.05, 3.63) is 240 Å². The second-order valence-corrected chi connectivity index (χ2v) is 16.5. The first-order chi connectivity index (χ1) is 29.1. The zero-order valence-electron chi connectivity index (χ0n) is 33.1. The highest BCUT2D eigenvalue weighted by molar-refractivity contribution is 6.28. The molecule has 0 spiro atoms. The molecule has 0 nitrogen and oxygen atoms in total. The molecule has 12 rings (SSSR count). The predicted molar refractivity (Wildman–Crippen MR) is 249 cm³/mol. The highest BCUT2D eigenvalue weighted by Gasteiger charge is 2.46. The Bertz CT molecular complexity index is 3160. The Morgan fingerprint density at radius 3 is 1.36 bits per heavy atom. The van der Waals surface area contributed by atoms with Gasteiger partial charge in [-0.05, 0) is 130 Å². The van der Waals surface area contributed by atoms with Crippen LogP contribution in [0.4, 0.5) is 0 Å². The fourth-order valence-corrected chi connectivity index (χ4v) is 10.7. The van der Waals surface area contributed by atoms with Gasteiger partial charge in [0.15, 0.2) is 0 Å². The van der Waals surface area contributed by atoms with Gasteiger partial charge in [0, 0.05) is 0 Å². The molecule has 0 saturated heterocycles. The fraction of sp³-hybridized carbons (Fsp3) is 0.0508. The number of rotatable bonds is 5. The minimum absolute atomic E-state index is 0.469. The van der Waals surface area contributed by atoms with Crippen LogP contribution in [0.2, 0.25) is 0 Å². The monoisotopic (exact) mass is 748 g/mol. The van der Waals surface area contributed by atoms with E-state index in [1.807, 2.05) is 0 Å². The maximum atomic E-state index is 2.51. The van der Waals surface area contributed by atoms with E-state index < -0.39 is 5.41 Å². The average molecular weight is 749 g/mol. The largest absolute Gasteiger partial charge is 0.0713 e. The van der Waals surface area contributed by atoms with Gasteiger partial charge in [0.25, 0.3) is 0 Å². The lowest BCUT2D eigenvalue weighted by molar-refractivity contribution is 0.768. The van der Waals surface area contributed by atoms with E-state index in [1.54, 1.807) is 0 Å². The Morgan fingerprint density at radius 2 is 0.746 bits per heavy atom. The number of hydrogen-bond donors (Lipinski definition) is 0. The first kappa shape index (κ1) is 33.8. The molecule has 0 N–H and O–H groups in total. The Labute approximate surface area is 345 Å². The van der Waals surface area contributed by atoms with Crippen LogP contribution < -0.4 is 0 Å². The van der Waals surface area contributed by atoms with Crippen molar-refractivity contribution in [3.63, 3.8) is 0 Å². The lowest BCUT2D eigenvalue weighted by Gasteiger charge is -2.34. The van der Waals surface area contributed by atoms with Gasteiger partial charge in [0.1, 0.15) is 0 Å². The molecule has 2 aliphatic carbocycles. The third kappa shape index (κ3) is 4.78. The Morgan fingerprint density at radius 1 is 0.288 bits per heavy atom. The van der Waals surface area contributed by atoms with Crippen LogP contribution in [0.1, 0.15) is 33.4 Å². The third-order valence-corrected chi connectivity index (χ3v) is 13.2. The van der Waals surface area contributed by atoms with E-state index in [0.717, 1.165) is 0 Å².